The predicted octanol–water partition coefficient (Wildman–Crippen LogP) is 8.49. The van der Waals surface area contributed by atoms with Crippen LogP contribution in [-0.4, -0.2) is 49.4 Å². The van der Waals surface area contributed by atoms with Gasteiger partial charge in [0.05, 0.1) is 22.3 Å². The van der Waals surface area contributed by atoms with Gasteiger partial charge in [-0.25, -0.2) is 28.8 Å². The van der Waals surface area contributed by atoms with Crippen LogP contribution in [0.5, 0.6) is 11.5 Å². The highest BCUT2D eigenvalue weighted by Gasteiger charge is 2.27. The van der Waals surface area contributed by atoms with Crippen LogP contribution in [0.25, 0.3) is 11.1 Å². The number of hydrogen-bond donors (Lipinski definition) is 0. The fourth-order valence-corrected chi connectivity index (χ4v) is 4.97. The van der Waals surface area contributed by atoms with Gasteiger partial charge >= 0.3 is 35.8 Å². The first-order valence-corrected chi connectivity index (χ1v) is 14.9. The summed E-state index contributed by atoms with van der Waals surface area (Å²) >= 11 is 0. The molecule has 0 saturated carbocycles. The number of benzene rings is 4. The first-order valence-electron chi connectivity index (χ1n) is 14.9. The van der Waals surface area contributed by atoms with Crippen LogP contribution < -0.4 is 9.47 Å². The molecule has 284 valence electrons. The normalized spacial score (nSPS) is 10.4. The van der Waals surface area contributed by atoms with Crippen molar-refractivity contribution in [3.63, 3.8) is 0 Å². The predicted molar refractivity (Wildman–Crippen MR) is 202 cm³/mol. The zero-order valence-corrected chi connectivity index (χ0v) is 26.5. The summed E-state index contributed by atoms with van der Waals surface area (Å²) in [6, 6.07) is 21.8. The summed E-state index contributed by atoms with van der Waals surface area (Å²) < 4.78 is 30.2. The number of rotatable bonds is 12. The van der Waals surface area contributed by atoms with Crippen molar-refractivity contribution < 1.29 is 57.2 Å². The van der Waals surface area contributed by atoms with Crippen molar-refractivity contribution in [1.29, 1.82) is 0 Å². The second-order valence-corrected chi connectivity index (χ2v) is 10.6. The third-order valence-corrected chi connectivity index (χ3v) is 7.52. The molecule has 0 amide bonds. The molecule has 0 aromatic heterocycles. The van der Waals surface area contributed by atoms with Crippen LogP contribution in [0.4, 0.5) is 0 Å². The molecule has 0 N–H and O–H groups in total. The summed E-state index contributed by atoms with van der Waals surface area (Å²) in [6.45, 7) is 7.33. The van der Waals surface area contributed by atoms with Gasteiger partial charge in [0.1, 0.15) is 11.5 Å². The van der Waals surface area contributed by atoms with Gasteiger partial charge in [0.25, 0.3) is 0 Å². The summed E-state index contributed by atoms with van der Waals surface area (Å²) in [6.07, 6.45) is 1.88. The summed E-state index contributed by atoms with van der Waals surface area (Å²) in [7, 11) is 0. The first-order chi connectivity index (χ1) is 24.1. The molecule has 0 spiro atoms. The van der Waals surface area contributed by atoms with E-state index >= 15 is 0 Å². The zero-order valence-electron chi connectivity index (χ0n) is 26.5. The Morgan fingerprint density at radius 2 is 0.815 bits per heavy atom. The van der Waals surface area contributed by atoms with Crippen LogP contribution in [0.1, 0.15) is 95.1 Å². The Kier molecular flexibility index (Phi) is 17.0. The lowest BCUT2D eigenvalue weighted by atomic mass is 9.99. The third-order valence-electron chi connectivity index (χ3n) is 7.52. The van der Waals surface area contributed by atoms with E-state index in [4.69, 9.17) is 18.9 Å². The van der Waals surface area contributed by atoms with Crippen molar-refractivity contribution in [3.8, 4) is 22.6 Å². The Bertz CT molecular complexity index is 1870. The van der Waals surface area contributed by atoms with Crippen molar-refractivity contribution in [2.24, 2.45) is 0 Å². The minimum Gasteiger partial charge on any atom is -0.425 e. The van der Waals surface area contributed by atoms with Gasteiger partial charge in [-0.1, -0.05) is 61.9 Å². The average Bonchev–Trinajstić information content (AvgIpc) is 3.41. The van der Waals surface area contributed by atoms with E-state index in [1.807, 2.05) is 19.1 Å². The monoisotopic (exact) mass is 740 g/mol. The van der Waals surface area contributed by atoms with Crippen molar-refractivity contribution >= 4 is 35.8 Å². The lowest BCUT2D eigenvalue weighted by molar-refractivity contribution is -0.147. The van der Waals surface area contributed by atoms with E-state index < -0.39 is 49.4 Å². The van der Waals surface area contributed by atoms with Gasteiger partial charge in [-0.15, -0.1) is 0 Å². The van der Waals surface area contributed by atoms with Crippen LogP contribution in [0.3, 0.4) is 0 Å². The molecule has 12 nitrogen and oxygen atoms in total. The van der Waals surface area contributed by atoms with E-state index in [0.29, 0.717) is 11.5 Å². The van der Waals surface area contributed by atoms with E-state index in [0.717, 1.165) is 34.4 Å². The molecule has 0 radical (unpaired) electrons. The topological polar surface area (TPSA) is 158 Å². The maximum atomic E-state index is 12.9. The van der Waals surface area contributed by atoms with Gasteiger partial charge < -0.3 is 28.4 Å². The van der Waals surface area contributed by atoms with Crippen LogP contribution in [-0.2, 0) is 28.5 Å². The molecule has 1 aliphatic carbocycles. The number of carbonyl (C=O) groups is 6. The molecule has 4 aromatic rings. The summed E-state index contributed by atoms with van der Waals surface area (Å²) in [5, 5.41) is 0. The van der Waals surface area contributed by atoms with Crippen molar-refractivity contribution in [2.75, 3.05) is 13.6 Å². The third kappa shape index (κ3) is 10.6. The molecular weight excluding hydrogens is 696 g/mol. The number of fused-ring (bicyclic) bond motifs is 3. The van der Waals surface area contributed by atoms with Crippen molar-refractivity contribution in [1.82, 2.24) is 0 Å². The van der Waals surface area contributed by atoms with Crippen LogP contribution >= 0.6 is 0 Å². The van der Waals surface area contributed by atoms with E-state index in [1.165, 1.54) is 48.5 Å². The molecule has 4 aromatic carbocycles. The molecule has 0 aliphatic heterocycles. The summed E-state index contributed by atoms with van der Waals surface area (Å²) in [5.41, 5.74) is 4.38. The molecule has 0 bridgehead atoms. The second kappa shape index (κ2) is 20.3. The highest BCUT2D eigenvalue weighted by Crippen LogP contribution is 2.47. The molecule has 0 fully saturated rings. The summed E-state index contributed by atoms with van der Waals surface area (Å²) in [5.74, 6) is -3.71. The van der Waals surface area contributed by atoms with Gasteiger partial charge in [0, 0.05) is 18.1 Å². The lowest BCUT2D eigenvalue weighted by Crippen LogP contribution is -2.12. The highest BCUT2D eigenvalue weighted by atomic mass is 16.7. The minimum absolute atomic E-state index is 0. The molecule has 0 atom stereocenters. The molecule has 54 heavy (non-hydrogen) atoms. The Morgan fingerprint density at radius 3 is 1.13 bits per heavy atom. The molecule has 5 rings (SSSR count). The quantitative estimate of drug-likeness (QED) is 0.0591. The van der Waals surface area contributed by atoms with E-state index in [9.17, 15) is 28.8 Å². The van der Waals surface area contributed by atoms with Crippen molar-refractivity contribution in [2.45, 2.75) is 42.5 Å². The minimum atomic E-state index is -0.743. The maximum Gasteiger partial charge on any atom is 0.343 e. The molecule has 12 heteroatoms. The fraction of sp³-hybridized carbons (Fsp3) is 0.190. The van der Waals surface area contributed by atoms with Crippen LogP contribution in [0, 0.1) is 0 Å². The van der Waals surface area contributed by atoms with E-state index in [-0.39, 0.29) is 57.9 Å². The molecule has 0 heterocycles. The Labute approximate surface area is 314 Å². The van der Waals surface area contributed by atoms with Gasteiger partial charge in [-0.2, -0.15) is 0 Å². The average molecular weight is 741 g/mol. The summed E-state index contributed by atoms with van der Waals surface area (Å²) in [4.78, 5) is 72.1. The first kappa shape index (κ1) is 45.2. The highest BCUT2D eigenvalue weighted by molar-refractivity contribution is 5.95. The van der Waals surface area contributed by atoms with Gasteiger partial charge in [0.2, 0.25) is 13.6 Å². The van der Waals surface area contributed by atoms with Crippen LogP contribution in [0.15, 0.2) is 110 Å². The Balaban J connectivity index is 0.00000364. The molecule has 1 aliphatic rings. The van der Waals surface area contributed by atoms with Gasteiger partial charge in [-0.05, 0) is 95.1 Å². The van der Waals surface area contributed by atoms with Gasteiger partial charge in [-0.3, -0.25) is 0 Å². The van der Waals surface area contributed by atoms with Gasteiger partial charge in [0.15, 0.2) is 0 Å². The fourth-order valence-electron chi connectivity index (χ4n) is 4.97. The maximum absolute atomic E-state index is 12.9. The lowest BCUT2D eigenvalue weighted by Gasteiger charge is -2.10. The van der Waals surface area contributed by atoms with E-state index in [1.54, 1.807) is 24.3 Å². The van der Waals surface area contributed by atoms with Crippen molar-refractivity contribution in [3.05, 3.63) is 144 Å². The smallest absolute Gasteiger partial charge is 0.343 e. The largest absolute Gasteiger partial charge is 0.425 e. The number of esters is 6. The molecule has 0 unspecified atom stereocenters. The Morgan fingerprint density at radius 1 is 0.500 bits per heavy atom. The number of ether oxygens (including phenoxy) is 6. The second-order valence-electron chi connectivity index (χ2n) is 10.6. The Hall–Kier alpha value is -6.82. The van der Waals surface area contributed by atoms with E-state index in [2.05, 4.69) is 22.6 Å². The zero-order chi connectivity index (χ0) is 35.8. The standard InChI is InChI=1S/C38H28O12.4CH4/c1-4-33(39)45-20-47-35(41)23-6-10-25(11-7-23)37(43)49-27-14-16-29-30-17-15-28(19-32(30)22(3)31(29)18-27)50-38(44)26-12-8-24(9-13-26)36(42)48-21-46-34(40)5-2;;;;/h4-19,22H,1-2,20-21H2,3H3;4*1H4. The van der Waals surface area contributed by atoms with Crippen LogP contribution in [0.2, 0.25) is 0 Å². The molecular formula is C42H44O12. The number of carbonyl (C=O) groups excluding carboxylic acids is 6. The number of hydrogen-bond acceptors (Lipinski definition) is 12. The molecule has 0 saturated heterocycles. The SMILES string of the molecule is C.C.C.C.C=CC(=O)OCOC(=O)c1ccc(C(=O)Oc2ccc3c(c2)C(C)c2cc(OC(=O)c4ccc(C(=O)OCOC(=O)C=C)cc4)ccc2-3)cc1.